The number of hydrogen-bond donors (Lipinski definition) is 2. The number of halogens is 1. The molecule has 2 aromatic rings. The highest BCUT2D eigenvalue weighted by molar-refractivity contribution is 7.92. The molecule has 0 saturated heterocycles. The zero-order valence-corrected chi connectivity index (χ0v) is 11.8. The normalized spacial score (nSPS) is 11.4. The molecule has 0 radical (unpaired) electrons. The minimum absolute atomic E-state index is 0.0474. The van der Waals surface area contributed by atoms with Gasteiger partial charge in [0, 0.05) is 7.05 Å². The Morgan fingerprint density at radius 2 is 2.10 bits per heavy atom. The summed E-state index contributed by atoms with van der Waals surface area (Å²) in [4.78, 5) is 14.3. The molecular weight excluding hydrogens is 303 g/mol. The first-order valence-corrected chi connectivity index (χ1v) is 7.11. The topological polar surface area (TPSA) is 114 Å². The van der Waals surface area contributed by atoms with Gasteiger partial charge in [-0.1, -0.05) is 0 Å². The maximum Gasteiger partial charge on any atom is 0.338 e. The Morgan fingerprint density at radius 3 is 2.62 bits per heavy atom. The first-order valence-electron chi connectivity index (χ1n) is 5.62. The highest BCUT2D eigenvalue weighted by atomic mass is 32.2. The van der Waals surface area contributed by atoms with E-state index < -0.39 is 27.4 Å². The van der Waals surface area contributed by atoms with Gasteiger partial charge in [0.2, 0.25) is 5.95 Å². The van der Waals surface area contributed by atoms with Crippen molar-refractivity contribution in [3.8, 4) is 0 Å². The van der Waals surface area contributed by atoms with Crippen LogP contribution in [0.2, 0.25) is 0 Å². The van der Waals surface area contributed by atoms with Crippen LogP contribution in [0.5, 0.6) is 0 Å². The molecule has 0 aliphatic carbocycles. The monoisotopic (exact) mass is 314 g/mol. The van der Waals surface area contributed by atoms with E-state index in [9.17, 15) is 17.6 Å². The minimum atomic E-state index is -4.10. The van der Waals surface area contributed by atoms with Gasteiger partial charge in [-0.2, -0.15) is 10.1 Å². The van der Waals surface area contributed by atoms with E-state index in [0.717, 1.165) is 18.5 Å². The van der Waals surface area contributed by atoms with Gasteiger partial charge in [-0.25, -0.2) is 27.0 Å². The number of aromatic carboxylic acids is 1. The number of carboxylic acid groups (broad SMARTS) is 1. The van der Waals surface area contributed by atoms with E-state index >= 15 is 0 Å². The van der Waals surface area contributed by atoms with Crippen molar-refractivity contribution >= 4 is 21.9 Å². The molecule has 0 unspecified atom stereocenters. The van der Waals surface area contributed by atoms with Crippen LogP contribution in [-0.2, 0) is 17.1 Å². The third kappa shape index (κ3) is 2.84. The lowest BCUT2D eigenvalue weighted by Crippen LogP contribution is -2.17. The zero-order valence-electron chi connectivity index (χ0n) is 11.0. The summed E-state index contributed by atoms with van der Waals surface area (Å²) in [6, 6.07) is 1.80. The number of nitrogens with zero attached hydrogens (tertiary/aromatic N) is 3. The summed E-state index contributed by atoms with van der Waals surface area (Å²) in [5, 5.41) is 12.6. The van der Waals surface area contributed by atoms with Crippen molar-refractivity contribution in [3.05, 3.63) is 35.4 Å². The minimum Gasteiger partial charge on any atom is -0.478 e. The predicted octanol–water partition coefficient (Wildman–Crippen LogP) is 0.762. The fourth-order valence-corrected chi connectivity index (χ4v) is 2.76. The molecule has 2 N–H and O–H groups in total. The van der Waals surface area contributed by atoms with Crippen LogP contribution in [-0.4, -0.2) is 34.3 Å². The Labute approximate surface area is 119 Å². The smallest absolute Gasteiger partial charge is 0.338 e. The number of aromatic nitrogens is 3. The number of sulfonamides is 1. The molecule has 1 aromatic heterocycles. The van der Waals surface area contributed by atoms with Crippen LogP contribution in [0.1, 0.15) is 15.9 Å². The average molecular weight is 314 g/mol. The van der Waals surface area contributed by atoms with E-state index in [-0.39, 0.29) is 16.4 Å². The van der Waals surface area contributed by atoms with Gasteiger partial charge in [0.05, 0.1) is 10.5 Å². The molecule has 0 spiro atoms. The van der Waals surface area contributed by atoms with Gasteiger partial charge >= 0.3 is 5.97 Å². The van der Waals surface area contributed by atoms with E-state index in [1.54, 1.807) is 0 Å². The molecule has 0 atom stereocenters. The summed E-state index contributed by atoms with van der Waals surface area (Å²) in [5.74, 6) is -2.57. The van der Waals surface area contributed by atoms with Gasteiger partial charge in [0.1, 0.15) is 12.1 Å². The van der Waals surface area contributed by atoms with Crippen LogP contribution in [0.25, 0.3) is 0 Å². The summed E-state index contributed by atoms with van der Waals surface area (Å²) in [5.41, 5.74) is -0.804. The fourth-order valence-electron chi connectivity index (χ4n) is 1.61. The molecule has 1 aromatic carbocycles. The highest BCUT2D eigenvalue weighted by Gasteiger charge is 2.22. The van der Waals surface area contributed by atoms with Gasteiger partial charge in [-0.3, -0.25) is 0 Å². The number of carbonyl (C=O) groups is 1. The standard InChI is InChI=1S/C11H11FN4O4S/c1-6-3-7(4-8(9(6)12)10(17)18)21(19,20)15-11-13-5-14-16(11)2/h3-5H,1-2H3,(H,17,18)(H,13,14,15). The van der Waals surface area contributed by atoms with E-state index in [4.69, 9.17) is 5.11 Å². The number of benzene rings is 1. The maximum atomic E-state index is 13.6. The fraction of sp³-hybridized carbons (Fsp3) is 0.182. The number of carboxylic acids is 1. The molecule has 0 fully saturated rings. The lowest BCUT2D eigenvalue weighted by Gasteiger charge is -2.09. The highest BCUT2D eigenvalue weighted by Crippen LogP contribution is 2.21. The lowest BCUT2D eigenvalue weighted by atomic mass is 10.1. The van der Waals surface area contributed by atoms with E-state index in [0.29, 0.717) is 0 Å². The van der Waals surface area contributed by atoms with Gasteiger partial charge < -0.3 is 5.11 Å². The summed E-state index contributed by atoms with van der Waals surface area (Å²) in [6.07, 6.45) is 1.15. The molecule has 8 nitrogen and oxygen atoms in total. The molecule has 0 aliphatic heterocycles. The summed E-state index contributed by atoms with van der Waals surface area (Å²) < 4.78 is 41.3. The second-order valence-corrected chi connectivity index (χ2v) is 5.90. The van der Waals surface area contributed by atoms with E-state index in [2.05, 4.69) is 14.8 Å². The van der Waals surface area contributed by atoms with Crippen molar-refractivity contribution in [2.24, 2.45) is 7.05 Å². The van der Waals surface area contributed by atoms with Gasteiger partial charge in [0.15, 0.2) is 0 Å². The predicted molar refractivity (Wildman–Crippen MR) is 69.9 cm³/mol. The third-order valence-corrected chi connectivity index (χ3v) is 4.01. The zero-order chi connectivity index (χ0) is 15.8. The Morgan fingerprint density at radius 1 is 1.43 bits per heavy atom. The SMILES string of the molecule is Cc1cc(S(=O)(=O)Nc2ncnn2C)cc(C(=O)O)c1F. The molecule has 0 amide bonds. The second-order valence-electron chi connectivity index (χ2n) is 4.22. The number of hydrogen-bond acceptors (Lipinski definition) is 5. The summed E-state index contributed by atoms with van der Waals surface area (Å²) in [7, 11) is -2.63. The largest absolute Gasteiger partial charge is 0.478 e. The average Bonchev–Trinajstić information content (AvgIpc) is 2.77. The van der Waals surface area contributed by atoms with Crippen molar-refractivity contribution in [3.63, 3.8) is 0 Å². The Kier molecular flexibility index (Phi) is 3.64. The first kappa shape index (κ1) is 14.9. The Hall–Kier alpha value is -2.49. The molecule has 2 rings (SSSR count). The Balaban J connectivity index is 2.50. The lowest BCUT2D eigenvalue weighted by molar-refractivity contribution is 0.0691. The molecule has 0 bridgehead atoms. The van der Waals surface area contributed by atoms with Crippen molar-refractivity contribution in [1.29, 1.82) is 0 Å². The van der Waals surface area contributed by atoms with Crippen molar-refractivity contribution in [1.82, 2.24) is 14.8 Å². The molecule has 0 saturated carbocycles. The second kappa shape index (κ2) is 5.13. The molecule has 0 aliphatic rings. The number of rotatable bonds is 4. The molecule has 1 heterocycles. The van der Waals surface area contributed by atoms with Crippen LogP contribution < -0.4 is 4.72 Å². The van der Waals surface area contributed by atoms with Crippen LogP contribution in [0, 0.1) is 12.7 Å². The molecule has 21 heavy (non-hydrogen) atoms. The van der Waals surface area contributed by atoms with Crippen molar-refractivity contribution in [2.75, 3.05) is 4.72 Å². The van der Waals surface area contributed by atoms with E-state index in [1.807, 2.05) is 0 Å². The summed E-state index contributed by atoms with van der Waals surface area (Å²) in [6.45, 7) is 1.28. The van der Waals surface area contributed by atoms with Gasteiger partial charge in [0.25, 0.3) is 10.0 Å². The van der Waals surface area contributed by atoms with Crippen molar-refractivity contribution < 1.29 is 22.7 Å². The van der Waals surface area contributed by atoms with Crippen LogP contribution in [0.3, 0.4) is 0 Å². The molecule has 10 heteroatoms. The van der Waals surface area contributed by atoms with Crippen LogP contribution >= 0.6 is 0 Å². The number of nitrogens with one attached hydrogen (secondary N) is 1. The molecule has 112 valence electrons. The number of aryl methyl sites for hydroxylation is 2. The quantitative estimate of drug-likeness (QED) is 0.861. The maximum absolute atomic E-state index is 13.6. The number of anilines is 1. The molecular formula is C11H11FN4O4S. The Bertz CT molecular complexity index is 816. The van der Waals surface area contributed by atoms with Crippen LogP contribution in [0.4, 0.5) is 10.3 Å². The van der Waals surface area contributed by atoms with Gasteiger partial charge in [-0.15, -0.1) is 0 Å². The third-order valence-electron chi connectivity index (χ3n) is 2.71. The van der Waals surface area contributed by atoms with E-state index in [1.165, 1.54) is 18.7 Å². The van der Waals surface area contributed by atoms with Crippen LogP contribution in [0.15, 0.2) is 23.4 Å². The van der Waals surface area contributed by atoms with Gasteiger partial charge in [-0.05, 0) is 24.6 Å². The van der Waals surface area contributed by atoms with Crippen molar-refractivity contribution in [2.45, 2.75) is 11.8 Å². The summed E-state index contributed by atoms with van der Waals surface area (Å²) >= 11 is 0. The first-order chi connectivity index (χ1) is 9.72.